The van der Waals surface area contributed by atoms with Gasteiger partial charge >= 0.3 is 0 Å². The highest BCUT2D eigenvalue weighted by Gasteiger charge is 2.13. The smallest absolute Gasteiger partial charge is 0.248 e. The van der Waals surface area contributed by atoms with Crippen molar-refractivity contribution in [1.82, 2.24) is 5.32 Å². The Labute approximate surface area is 112 Å². The topological polar surface area (TPSA) is 67.2 Å². The molecule has 4 N–H and O–H groups in total. The molecule has 2 rings (SSSR count). The number of nitrogens with two attached hydrogens (primary N) is 1. The van der Waals surface area contributed by atoms with E-state index < -0.39 is 5.91 Å². The molecule has 1 aromatic rings. The molecule has 0 saturated carbocycles. The Morgan fingerprint density at radius 3 is 3.00 bits per heavy atom. The molecule has 0 aliphatic carbocycles. The number of benzene rings is 1. The predicted octanol–water partition coefficient (Wildman–Crippen LogP) is 1.99. The summed E-state index contributed by atoms with van der Waals surface area (Å²) in [6.45, 7) is 1.99. The third-order valence-corrected chi connectivity index (χ3v) is 3.54. The van der Waals surface area contributed by atoms with Crippen molar-refractivity contribution in [2.45, 2.75) is 25.3 Å². The quantitative estimate of drug-likeness (QED) is 0.764. The van der Waals surface area contributed by atoms with Gasteiger partial charge in [0.25, 0.3) is 0 Å². The fourth-order valence-corrected chi connectivity index (χ4v) is 2.44. The average molecular weight is 268 g/mol. The van der Waals surface area contributed by atoms with Gasteiger partial charge in [0.15, 0.2) is 0 Å². The first kappa shape index (κ1) is 13.2. The van der Waals surface area contributed by atoms with E-state index in [-0.39, 0.29) is 0 Å². The molecule has 98 valence electrons. The first-order chi connectivity index (χ1) is 8.66. The molecule has 0 spiro atoms. The molecule has 0 unspecified atom stereocenters. The van der Waals surface area contributed by atoms with E-state index in [2.05, 4.69) is 10.6 Å². The van der Waals surface area contributed by atoms with Gasteiger partial charge in [-0.25, -0.2) is 0 Å². The van der Waals surface area contributed by atoms with Gasteiger partial charge in [-0.3, -0.25) is 4.79 Å². The lowest BCUT2D eigenvalue weighted by Gasteiger charge is -2.12. The van der Waals surface area contributed by atoms with Crippen LogP contribution in [0, 0.1) is 0 Å². The average Bonchev–Trinajstić information content (AvgIpc) is 2.84. The minimum Gasteiger partial charge on any atom is -0.384 e. The second-order valence-corrected chi connectivity index (χ2v) is 4.97. The molecule has 1 saturated heterocycles. The van der Waals surface area contributed by atoms with Crippen molar-refractivity contribution in [3.05, 3.63) is 28.8 Å². The van der Waals surface area contributed by atoms with Crippen molar-refractivity contribution in [2.24, 2.45) is 5.73 Å². The van der Waals surface area contributed by atoms with Gasteiger partial charge in [0, 0.05) is 18.2 Å². The summed E-state index contributed by atoms with van der Waals surface area (Å²) >= 11 is 6.08. The molecular formula is C13H18ClN3O. The van der Waals surface area contributed by atoms with E-state index in [1.807, 2.05) is 0 Å². The molecule has 0 radical (unpaired) electrons. The molecule has 1 fully saturated rings. The van der Waals surface area contributed by atoms with Gasteiger partial charge in [-0.05, 0) is 44.0 Å². The van der Waals surface area contributed by atoms with E-state index in [1.54, 1.807) is 18.2 Å². The lowest BCUT2D eigenvalue weighted by molar-refractivity contribution is 0.100. The van der Waals surface area contributed by atoms with Gasteiger partial charge < -0.3 is 16.4 Å². The number of halogens is 1. The first-order valence-electron chi connectivity index (χ1n) is 6.23. The molecule has 1 amide bonds. The maximum Gasteiger partial charge on any atom is 0.248 e. The highest BCUT2D eigenvalue weighted by atomic mass is 35.5. The van der Waals surface area contributed by atoms with Gasteiger partial charge in [-0.15, -0.1) is 0 Å². The van der Waals surface area contributed by atoms with Gasteiger partial charge in [0.1, 0.15) is 0 Å². The standard InChI is InChI=1S/C13H18ClN3O/c14-11-8-9(13(15)18)3-4-12(11)17-7-5-10-2-1-6-16-10/h3-4,8,10,16-17H,1-2,5-7H2,(H2,15,18)/t10-/m1/s1. The highest BCUT2D eigenvalue weighted by Crippen LogP contribution is 2.23. The Bertz CT molecular complexity index is 430. The monoisotopic (exact) mass is 267 g/mol. The Hall–Kier alpha value is -1.26. The molecule has 5 heteroatoms. The molecule has 1 aliphatic rings. The number of carbonyl (C=O) groups excluding carboxylic acids is 1. The summed E-state index contributed by atoms with van der Waals surface area (Å²) in [5.41, 5.74) is 6.47. The predicted molar refractivity (Wildman–Crippen MR) is 74.1 cm³/mol. The van der Waals surface area contributed by atoms with Gasteiger partial charge in [-0.2, -0.15) is 0 Å². The number of hydrogen-bond acceptors (Lipinski definition) is 3. The van der Waals surface area contributed by atoms with E-state index in [1.165, 1.54) is 12.8 Å². The number of anilines is 1. The zero-order valence-corrected chi connectivity index (χ0v) is 11.0. The fourth-order valence-electron chi connectivity index (χ4n) is 2.20. The molecule has 4 nitrogen and oxygen atoms in total. The zero-order valence-electron chi connectivity index (χ0n) is 10.2. The number of nitrogens with one attached hydrogen (secondary N) is 2. The minimum atomic E-state index is -0.460. The summed E-state index contributed by atoms with van der Waals surface area (Å²) in [6, 6.07) is 5.69. The third kappa shape index (κ3) is 3.37. The number of rotatable bonds is 5. The Morgan fingerprint density at radius 1 is 1.56 bits per heavy atom. The second kappa shape index (κ2) is 6.07. The summed E-state index contributed by atoms with van der Waals surface area (Å²) in [6.07, 6.45) is 3.59. The third-order valence-electron chi connectivity index (χ3n) is 3.22. The molecule has 18 heavy (non-hydrogen) atoms. The largest absolute Gasteiger partial charge is 0.384 e. The van der Waals surface area contributed by atoms with Crippen LogP contribution in [0.25, 0.3) is 0 Å². The normalized spacial score (nSPS) is 18.8. The molecule has 1 heterocycles. The molecule has 0 bridgehead atoms. The Morgan fingerprint density at radius 2 is 2.39 bits per heavy atom. The van der Waals surface area contributed by atoms with E-state index in [9.17, 15) is 4.79 Å². The molecular weight excluding hydrogens is 250 g/mol. The maximum atomic E-state index is 11.0. The summed E-state index contributed by atoms with van der Waals surface area (Å²) in [7, 11) is 0. The van der Waals surface area contributed by atoms with Gasteiger partial charge in [0.05, 0.1) is 10.7 Å². The molecule has 1 aromatic carbocycles. The van der Waals surface area contributed by atoms with Crippen molar-refractivity contribution in [3.63, 3.8) is 0 Å². The number of carbonyl (C=O) groups is 1. The van der Waals surface area contributed by atoms with Crippen molar-refractivity contribution in [3.8, 4) is 0 Å². The lowest BCUT2D eigenvalue weighted by Crippen LogP contribution is -2.24. The Balaban J connectivity index is 1.87. The van der Waals surface area contributed by atoms with Crippen LogP contribution in [0.2, 0.25) is 5.02 Å². The minimum absolute atomic E-state index is 0.433. The number of amides is 1. The van der Waals surface area contributed by atoms with Crippen LogP contribution in [0.3, 0.4) is 0 Å². The van der Waals surface area contributed by atoms with Crippen LogP contribution >= 0.6 is 11.6 Å². The summed E-state index contributed by atoms with van der Waals surface area (Å²) in [4.78, 5) is 11.0. The maximum absolute atomic E-state index is 11.0. The van der Waals surface area contributed by atoms with Crippen LogP contribution in [0.4, 0.5) is 5.69 Å². The summed E-state index contributed by atoms with van der Waals surface area (Å²) in [5.74, 6) is -0.460. The highest BCUT2D eigenvalue weighted by molar-refractivity contribution is 6.33. The zero-order chi connectivity index (χ0) is 13.0. The lowest BCUT2D eigenvalue weighted by atomic mass is 10.1. The second-order valence-electron chi connectivity index (χ2n) is 4.57. The molecule has 1 atom stereocenters. The Kier molecular flexibility index (Phi) is 4.44. The first-order valence-corrected chi connectivity index (χ1v) is 6.61. The van der Waals surface area contributed by atoms with E-state index in [4.69, 9.17) is 17.3 Å². The fraction of sp³-hybridized carbons (Fsp3) is 0.462. The van der Waals surface area contributed by atoms with Crippen LogP contribution in [0.15, 0.2) is 18.2 Å². The van der Waals surface area contributed by atoms with Crippen molar-refractivity contribution in [1.29, 1.82) is 0 Å². The van der Waals surface area contributed by atoms with Crippen molar-refractivity contribution >= 4 is 23.2 Å². The van der Waals surface area contributed by atoms with Crippen LogP contribution in [0.1, 0.15) is 29.6 Å². The van der Waals surface area contributed by atoms with Crippen molar-refractivity contribution < 1.29 is 4.79 Å². The van der Waals surface area contributed by atoms with Crippen LogP contribution in [-0.2, 0) is 0 Å². The van der Waals surface area contributed by atoms with Crippen LogP contribution in [0.5, 0.6) is 0 Å². The van der Waals surface area contributed by atoms with Crippen LogP contribution < -0.4 is 16.4 Å². The summed E-state index contributed by atoms with van der Waals surface area (Å²) < 4.78 is 0. The van der Waals surface area contributed by atoms with Gasteiger partial charge in [0.2, 0.25) is 5.91 Å². The SMILES string of the molecule is NC(=O)c1ccc(NCC[C@H]2CCCN2)c(Cl)c1. The number of hydrogen-bond donors (Lipinski definition) is 3. The van der Waals surface area contributed by atoms with E-state index in [0.717, 1.165) is 25.2 Å². The van der Waals surface area contributed by atoms with Crippen LogP contribution in [-0.4, -0.2) is 25.0 Å². The molecule has 0 aromatic heterocycles. The van der Waals surface area contributed by atoms with Crippen molar-refractivity contribution in [2.75, 3.05) is 18.4 Å². The summed E-state index contributed by atoms with van der Waals surface area (Å²) in [5, 5.41) is 7.26. The molecule has 1 aliphatic heterocycles. The van der Waals surface area contributed by atoms with Gasteiger partial charge in [-0.1, -0.05) is 11.6 Å². The number of primary amides is 1. The van der Waals surface area contributed by atoms with E-state index >= 15 is 0 Å². The van der Waals surface area contributed by atoms with E-state index in [0.29, 0.717) is 16.6 Å².